The Bertz CT molecular complexity index is 923. The SMILES string of the molecule is CC(C)[C@H](NC(=O)OC(C)(C)C)C(=O)N1CCC(Oc2nc3ccccc3n2C)CC1. The molecule has 8 nitrogen and oxygen atoms in total. The van der Waals surface area contributed by atoms with Crippen LogP contribution in [0.2, 0.25) is 0 Å². The number of rotatable bonds is 5. The molecule has 2 amide bonds. The van der Waals surface area contributed by atoms with E-state index in [1.165, 1.54) is 0 Å². The number of likely N-dealkylation sites (tertiary alicyclic amines) is 1. The van der Waals surface area contributed by atoms with Crippen molar-refractivity contribution >= 4 is 23.0 Å². The van der Waals surface area contributed by atoms with Gasteiger partial charge in [-0.1, -0.05) is 26.0 Å². The highest BCUT2D eigenvalue weighted by Gasteiger charge is 2.33. The highest BCUT2D eigenvalue weighted by atomic mass is 16.6. The van der Waals surface area contributed by atoms with Gasteiger partial charge in [0.2, 0.25) is 5.91 Å². The van der Waals surface area contributed by atoms with Gasteiger partial charge in [-0.3, -0.25) is 9.36 Å². The topological polar surface area (TPSA) is 85.7 Å². The Balaban J connectivity index is 1.57. The highest BCUT2D eigenvalue weighted by molar-refractivity contribution is 5.86. The van der Waals surface area contributed by atoms with E-state index in [0.29, 0.717) is 31.9 Å². The van der Waals surface area contributed by atoms with Crippen LogP contribution >= 0.6 is 0 Å². The number of piperidine rings is 1. The van der Waals surface area contributed by atoms with E-state index in [-0.39, 0.29) is 17.9 Å². The normalized spacial score (nSPS) is 16.4. The van der Waals surface area contributed by atoms with Crippen LogP contribution in [0.1, 0.15) is 47.5 Å². The summed E-state index contributed by atoms with van der Waals surface area (Å²) in [5.41, 5.74) is 1.32. The van der Waals surface area contributed by atoms with Crippen LogP contribution in [0, 0.1) is 5.92 Å². The molecule has 1 saturated heterocycles. The van der Waals surface area contributed by atoms with Gasteiger partial charge in [0, 0.05) is 33.0 Å². The third kappa shape index (κ3) is 5.68. The van der Waals surface area contributed by atoms with Crippen LogP contribution in [0.3, 0.4) is 0 Å². The Morgan fingerprint density at radius 3 is 2.39 bits per heavy atom. The predicted molar refractivity (Wildman–Crippen MR) is 119 cm³/mol. The first-order valence-electron chi connectivity index (χ1n) is 10.9. The van der Waals surface area contributed by atoms with Crippen LogP contribution in [0.25, 0.3) is 11.0 Å². The number of carbonyl (C=O) groups is 2. The number of nitrogens with one attached hydrogen (secondary N) is 1. The molecule has 0 radical (unpaired) electrons. The fraction of sp³-hybridized carbons (Fsp3) is 0.609. The molecule has 1 fully saturated rings. The number of alkyl carbamates (subject to hydrolysis) is 1. The zero-order chi connectivity index (χ0) is 22.8. The first kappa shape index (κ1) is 22.9. The lowest BCUT2D eigenvalue weighted by atomic mass is 10.0. The number of benzene rings is 1. The van der Waals surface area contributed by atoms with E-state index in [4.69, 9.17) is 9.47 Å². The second-order valence-electron chi connectivity index (χ2n) is 9.45. The third-order valence-corrected chi connectivity index (χ3v) is 5.38. The lowest BCUT2D eigenvalue weighted by molar-refractivity contribution is -0.136. The number of carbonyl (C=O) groups excluding carboxylic acids is 2. The molecule has 31 heavy (non-hydrogen) atoms. The van der Waals surface area contributed by atoms with Crippen LogP contribution in [0.15, 0.2) is 24.3 Å². The van der Waals surface area contributed by atoms with Crippen molar-refractivity contribution in [2.75, 3.05) is 13.1 Å². The first-order valence-corrected chi connectivity index (χ1v) is 10.9. The summed E-state index contributed by atoms with van der Waals surface area (Å²) < 4.78 is 13.4. The smallest absolute Gasteiger partial charge is 0.408 e. The molecule has 170 valence electrons. The molecule has 1 atom stereocenters. The van der Waals surface area contributed by atoms with Crippen molar-refractivity contribution < 1.29 is 19.1 Å². The Kier molecular flexibility index (Phi) is 6.77. The van der Waals surface area contributed by atoms with E-state index in [2.05, 4.69) is 10.3 Å². The van der Waals surface area contributed by atoms with E-state index in [9.17, 15) is 9.59 Å². The summed E-state index contributed by atoms with van der Waals surface area (Å²) in [6.45, 7) is 10.4. The monoisotopic (exact) mass is 430 g/mol. The average Bonchev–Trinajstić information content (AvgIpc) is 3.00. The quantitative estimate of drug-likeness (QED) is 0.785. The molecule has 0 spiro atoms. The Morgan fingerprint density at radius 1 is 1.16 bits per heavy atom. The number of ether oxygens (including phenoxy) is 2. The summed E-state index contributed by atoms with van der Waals surface area (Å²) in [7, 11) is 1.94. The zero-order valence-electron chi connectivity index (χ0n) is 19.3. The average molecular weight is 431 g/mol. The van der Waals surface area contributed by atoms with Crippen molar-refractivity contribution in [3.63, 3.8) is 0 Å². The van der Waals surface area contributed by atoms with Crippen molar-refractivity contribution in [1.29, 1.82) is 0 Å². The number of para-hydroxylation sites is 2. The molecule has 2 aromatic rings. The maximum atomic E-state index is 13.1. The molecule has 2 heterocycles. The zero-order valence-corrected chi connectivity index (χ0v) is 19.3. The number of fused-ring (bicyclic) bond motifs is 1. The maximum absolute atomic E-state index is 13.1. The fourth-order valence-electron chi connectivity index (χ4n) is 3.72. The van der Waals surface area contributed by atoms with Gasteiger partial charge in [0.25, 0.3) is 6.01 Å². The van der Waals surface area contributed by atoms with Crippen molar-refractivity contribution in [3.8, 4) is 6.01 Å². The first-order chi connectivity index (χ1) is 14.5. The Morgan fingerprint density at radius 2 is 1.81 bits per heavy atom. The van der Waals surface area contributed by atoms with Crippen LogP contribution < -0.4 is 10.1 Å². The highest BCUT2D eigenvalue weighted by Crippen LogP contribution is 2.23. The van der Waals surface area contributed by atoms with Gasteiger partial charge in [0.05, 0.1) is 11.0 Å². The molecule has 0 unspecified atom stereocenters. The van der Waals surface area contributed by atoms with Gasteiger partial charge in [0.15, 0.2) is 0 Å². The minimum absolute atomic E-state index is 0.00382. The van der Waals surface area contributed by atoms with Gasteiger partial charge in [-0.15, -0.1) is 0 Å². The minimum atomic E-state index is -0.618. The van der Waals surface area contributed by atoms with Crippen LogP contribution in [0.4, 0.5) is 4.79 Å². The number of aryl methyl sites for hydroxylation is 1. The molecule has 1 aromatic heterocycles. The van der Waals surface area contributed by atoms with Gasteiger partial charge in [-0.25, -0.2) is 4.79 Å². The standard InChI is InChI=1S/C23H34N4O4/c1-15(2)19(25-22(29)31-23(3,4)5)20(28)27-13-11-16(12-14-27)30-21-24-17-9-7-8-10-18(17)26(21)6/h7-10,15-16,19H,11-14H2,1-6H3,(H,25,29)/t19-/m0/s1. The van der Waals surface area contributed by atoms with Crippen molar-refractivity contribution in [1.82, 2.24) is 19.8 Å². The summed E-state index contributed by atoms with van der Waals surface area (Å²) >= 11 is 0. The summed E-state index contributed by atoms with van der Waals surface area (Å²) in [6.07, 6.45) is 0.855. The number of hydrogen-bond donors (Lipinski definition) is 1. The van der Waals surface area contributed by atoms with E-state index in [1.54, 1.807) is 25.7 Å². The molecular weight excluding hydrogens is 396 g/mol. The van der Waals surface area contributed by atoms with E-state index in [0.717, 1.165) is 11.0 Å². The van der Waals surface area contributed by atoms with Crippen molar-refractivity contribution in [3.05, 3.63) is 24.3 Å². The molecule has 1 aliphatic heterocycles. The molecule has 3 rings (SSSR count). The molecule has 0 saturated carbocycles. The van der Waals surface area contributed by atoms with Crippen molar-refractivity contribution in [2.24, 2.45) is 13.0 Å². The lowest BCUT2D eigenvalue weighted by Gasteiger charge is -2.35. The number of nitrogens with zero attached hydrogens (tertiary/aromatic N) is 3. The number of aromatic nitrogens is 2. The van der Waals surface area contributed by atoms with Crippen LogP contribution in [-0.4, -0.2) is 57.3 Å². The maximum Gasteiger partial charge on any atom is 0.408 e. The second kappa shape index (κ2) is 9.16. The number of imidazole rings is 1. The van der Waals surface area contributed by atoms with Gasteiger partial charge in [0.1, 0.15) is 17.7 Å². The van der Waals surface area contributed by atoms with Crippen LogP contribution in [0.5, 0.6) is 6.01 Å². The van der Waals surface area contributed by atoms with E-state index in [1.807, 2.05) is 49.7 Å². The summed E-state index contributed by atoms with van der Waals surface area (Å²) in [5, 5.41) is 2.75. The predicted octanol–water partition coefficient (Wildman–Crippen LogP) is 3.49. The lowest BCUT2D eigenvalue weighted by Crippen LogP contribution is -2.54. The summed E-state index contributed by atoms with van der Waals surface area (Å²) in [5.74, 6) is -0.129. The Hall–Kier alpha value is -2.77. The number of hydrogen-bond acceptors (Lipinski definition) is 5. The summed E-state index contributed by atoms with van der Waals surface area (Å²) in [6, 6.07) is 7.89. The van der Waals surface area contributed by atoms with Gasteiger partial charge in [-0.2, -0.15) is 4.98 Å². The molecule has 1 aromatic carbocycles. The van der Waals surface area contributed by atoms with Gasteiger partial charge in [-0.05, 0) is 38.8 Å². The van der Waals surface area contributed by atoms with Gasteiger partial charge < -0.3 is 19.7 Å². The van der Waals surface area contributed by atoms with E-state index >= 15 is 0 Å². The molecule has 8 heteroatoms. The molecule has 1 N–H and O–H groups in total. The summed E-state index contributed by atoms with van der Waals surface area (Å²) in [4.78, 5) is 31.6. The largest absolute Gasteiger partial charge is 0.461 e. The molecule has 0 bridgehead atoms. The number of amides is 2. The molecule has 0 aliphatic carbocycles. The minimum Gasteiger partial charge on any atom is -0.461 e. The van der Waals surface area contributed by atoms with E-state index < -0.39 is 17.7 Å². The Labute approximate surface area is 183 Å². The molecule has 1 aliphatic rings. The second-order valence-corrected chi connectivity index (χ2v) is 9.45. The van der Waals surface area contributed by atoms with Gasteiger partial charge >= 0.3 is 6.09 Å². The third-order valence-electron chi connectivity index (χ3n) is 5.38. The van der Waals surface area contributed by atoms with Crippen LogP contribution in [-0.2, 0) is 16.6 Å². The molecular formula is C23H34N4O4. The van der Waals surface area contributed by atoms with Crippen molar-refractivity contribution in [2.45, 2.75) is 65.2 Å². The fourth-order valence-corrected chi connectivity index (χ4v) is 3.72.